The minimum atomic E-state index is -5.08. The zero-order valence-electron chi connectivity index (χ0n) is 14.6. The van der Waals surface area contributed by atoms with Crippen LogP contribution in [0, 0.1) is 0 Å². The van der Waals surface area contributed by atoms with Crippen LogP contribution in [0.5, 0.6) is 5.75 Å². The minimum Gasteiger partial charge on any atom is -0.497 e. The predicted molar refractivity (Wildman–Crippen MR) is 96.7 cm³/mol. The molecule has 6 nitrogen and oxygen atoms in total. The second kappa shape index (κ2) is 7.95. The molecule has 3 heterocycles. The Morgan fingerprint density at radius 1 is 1.30 bits per heavy atom. The topological polar surface area (TPSA) is 86.4 Å². The Hall–Kier alpha value is -1.97. The highest BCUT2D eigenvalue weighted by molar-refractivity contribution is 5.87. The average molecular weight is 408 g/mol. The first kappa shape index (κ1) is 21.3. The second-order valence-corrected chi connectivity index (χ2v) is 6.38. The van der Waals surface area contributed by atoms with Crippen molar-refractivity contribution in [3.05, 3.63) is 29.5 Å². The highest BCUT2D eigenvalue weighted by atomic mass is 35.5. The number of aromatic amines is 1. The first-order chi connectivity index (χ1) is 12.3. The van der Waals surface area contributed by atoms with E-state index in [-0.39, 0.29) is 17.9 Å². The number of fused-ring (bicyclic) bond motifs is 4. The highest BCUT2D eigenvalue weighted by Crippen LogP contribution is 2.38. The van der Waals surface area contributed by atoms with E-state index in [9.17, 15) is 13.2 Å². The van der Waals surface area contributed by atoms with Gasteiger partial charge < -0.3 is 25.5 Å². The third kappa shape index (κ3) is 4.15. The smallest absolute Gasteiger partial charge is 0.490 e. The van der Waals surface area contributed by atoms with Crippen LogP contribution in [0.4, 0.5) is 13.2 Å². The quantitative estimate of drug-likeness (QED) is 0.583. The normalized spacial score (nSPS) is 21.2. The molecule has 0 bridgehead atoms. The van der Waals surface area contributed by atoms with E-state index in [4.69, 9.17) is 14.6 Å². The molecule has 2 aliphatic heterocycles. The van der Waals surface area contributed by atoms with Crippen LogP contribution in [0.25, 0.3) is 10.9 Å². The molecule has 2 aliphatic rings. The summed E-state index contributed by atoms with van der Waals surface area (Å²) in [5.41, 5.74) is 4.18. The van der Waals surface area contributed by atoms with Gasteiger partial charge in [-0.1, -0.05) is 0 Å². The van der Waals surface area contributed by atoms with Gasteiger partial charge in [0, 0.05) is 29.7 Å². The van der Waals surface area contributed by atoms with Gasteiger partial charge in [0.05, 0.1) is 12.6 Å². The van der Waals surface area contributed by atoms with Crippen molar-refractivity contribution in [1.29, 1.82) is 0 Å². The van der Waals surface area contributed by atoms with Crippen LogP contribution in [0.15, 0.2) is 18.2 Å². The van der Waals surface area contributed by atoms with Crippen LogP contribution < -0.4 is 15.4 Å². The van der Waals surface area contributed by atoms with Crippen molar-refractivity contribution >= 4 is 29.3 Å². The fraction of sp³-hybridized carbons (Fsp3) is 0.471. The Morgan fingerprint density at radius 2 is 2.00 bits per heavy atom. The predicted octanol–water partition coefficient (Wildman–Crippen LogP) is 2.57. The molecule has 1 spiro atoms. The van der Waals surface area contributed by atoms with Crippen molar-refractivity contribution in [2.24, 2.45) is 0 Å². The number of carboxylic acids is 1. The molecular weight excluding hydrogens is 387 g/mol. The molecule has 1 aromatic carbocycles. The molecule has 0 aliphatic carbocycles. The third-order valence-electron chi connectivity index (χ3n) is 4.83. The standard InChI is InChI=1S/C15H19N3O.C2HF3O2.ClH/c1-19-10-2-3-13-12(8-10)11-4-6-17-15(14(11)18-13)5-7-16-9-15;3-2(4,5)1(6)7;/h2-3,8,16-18H,4-7,9H2,1H3;(H,6,7);1H. The fourth-order valence-corrected chi connectivity index (χ4v) is 3.59. The maximum Gasteiger partial charge on any atom is 0.490 e. The number of carboxylic acid groups (broad SMARTS) is 1. The number of nitrogens with one attached hydrogen (secondary N) is 3. The van der Waals surface area contributed by atoms with Gasteiger partial charge >= 0.3 is 12.1 Å². The van der Waals surface area contributed by atoms with Gasteiger partial charge in [0.1, 0.15) is 5.75 Å². The lowest BCUT2D eigenvalue weighted by Gasteiger charge is -2.34. The van der Waals surface area contributed by atoms with Gasteiger partial charge in [-0.25, -0.2) is 4.79 Å². The van der Waals surface area contributed by atoms with Crippen molar-refractivity contribution in [3.8, 4) is 5.75 Å². The second-order valence-electron chi connectivity index (χ2n) is 6.38. The van der Waals surface area contributed by atoms with Crippen molar-refractivity contribution in [3.63, 3.8) is 0 Å². The number of H-pyrrole nitrogens is 1. The van der Waals surface area contributed by atoms with Crippen LogP contribution in [0.2, 0.25) is 0 Å². The van der Waals surface area contributed by atoms with Gasteiger partial charge in [0.15, 0.2) is 0 Å². The largest absolute Gasteiger partial charge is 0.497 e. The highest BCUT2D eigenvalue weighted by Gasteiger charge is 2.41. The van der Waals surface area contributed by atoms with Crippen LogP contribution in [-0.2, 0) is 16.8 Å². The van der Waals surface area contributed by atoms with E-state index in [1.54, 1.807) is 7.11 Å². The fourth-order valence-electron chi connectivity index (χ4n) is 3.59. The van der Waals surface area contributed by atoms with Crippen molar-refractivity contribution in [2.45, 2.75) is 24.6 Å². The number of aliphatic carboxylic acids is 1. The maximum atomic E-state index is 10.6. The zero-order valence-corrected chi connectivity index (χ0v) is 15.4. The monoisotopic (exact) mass is 407 g/mol. The summed E-state index contributed by atoms with van der Waals surface area (Å²) in [6, 6.07) is 6.31. The molecule has 4 rings (SSSR count). The van der Waals surface area contributed by atoms with Gasteiger partial charge in [-0.3, -0.25) is 0 Å². The van der Waals surface area contributed by atoms with Crippen molar-refractivity contribution < 1.29 is 27.8 Å². The molecule has 1 unspecified atom stereocenters. The molecule has 150 valence electrons. The van der Waals surface area contributed by atoms with Crippen LogP contribution in [0.3, 0.4) is 0 Å². The summed E-state index contributed by atoms with van der Waals surface area (Å²) >= 11 is 0. The lowest BCUT2D eigenvalue weighted by molar-refractivity contribution is -0.192. The number of alkyl halides is 3. The zero-order chi connectivity index (χ0) is 18.9. The van der Waals surface area contributed by atoms with E-state index in [0.29, 0.717) is 0 Å². The summed E-state index contributed by atoms with van der Waals surface area (Å²) in [5, 5.41) is 15.6. The summed E-state index contributed by atoms with van der Waals surface area (Å²) in [4.78, 5) is 12.5. The SMILES string of the molecule is COc1ccc2[nH]c3c(c2c1)CCNC31CCNC1.Cl.O=C(O)C(F)(F)F. The average Bonchev–Trinajstić information content (AvgIpc) is 3.20. The molecule has 27 heavy (non-hydrogen) atoms. The van der Waals surface area contributed by atoms with Crippen molar-refractivity contribution in [1.82, 2.24) is 15.6 Å². The van der Waals surface area contributed by atoms with Crippen LogP contribution in [0.1, 0.15) is 17.7 Å². The van der Waals surface area contributed by atoms with E-state index >= 15 is 0 Å². The third-order valence-corrected chi connectivity index (χ3v) is 4.83. The van der Waals surface area contributed by atoms with E-state index in [0.717, 1.165) is 38.2 Å². The van der Waals surface area contributed by atoms with E-state index in [2.05, 4.69) is 27.8 Å². The number of hydrogen-bond acceptors (Lipinski definition) is 4. The Kier molecular flexibility index (Phi) is 6.28. The van der Waals surface area contributed by atoms with Gasteiger partial charge in [-0.2, -0.15) is 13.2 Å². The van der Waals surface area contributed by atoms with Gasteiger partial charge in [-0.05, 0) is 43.1 Å². The Labute approximate surface area is 159 Å². The van der Waals surface area contributed by atoms with Gasteiger partial charge in [0.25, 0.3) is 0 Å². The van der Waals surface area contributed by atoms with Crippen molar-refractivity contribution in [2.75, 3.05) is 26.7 Å². The summed E-state index contributed by atoms with van der Waals surface area (Å²) in [6.07, 6.45) is -2.84. The molecule has 4 N–H and O–H groups in total. The Morgan fingerprint density at radius 3 is 2.56 bits per heavy atom. The Bertz CT molecular complexity index is 817. The number of methoxy groups -OCH3 is 1. The van der Waals surface area contributed by atoms with Crippen LogP contribution >= 0.6 is 12.4 Å². The molecule has 1 fully saturated rings. The van der Waals surface area contributed by atoms with E-state index < -0.39 is 12.1 Å². The number of carbonyl (C=O) groups is 1. The first-order valence-corrected chi connectivity index (χ1v) is 8.22. The molecule has 0 saturated carbocycles. The summed E-state index contributed by atoms with van der Waals surface area (Å²) < 4.78 is 37.1. The molecule has 10 heteroatoms. The first-order valence-electron chi connectivity index (χ1n) is 8.22. The molecule has 0 radical (unpaired) electrons. The van der Waals surface area contributed by atoms with Crippen LogP contribution in [-0.4, -0.2) is 49.0 Å². The van der Waals surface area contributed by atoms with Gasteiger partial charge in [0.2, 0.25) is 0 Å². The lowest BCUT2D eigenvalue weighted by Crippen LogP contribution is -2.48. The molecule has 0 amide bonds. The minimum absolute atomic E-state index is 0. The van der Waals surface area contributed by atoms with Gasteiger partial charge in [-0.15, -0.1) is 12.4 Å². The molecule has 2 aromatic rings. The number of benzene rings is 1. The molecular formula is C17H21ClF3N3O3. The lowest BCUT2D eigenvalue weighted by atomic mass is 9.86. The summed E-state index contributed by atoms with van der Waals surface area (Å²) in [7, 11) is 1.73. The maximum absolute atomic E-state index is 10.6. The molecule has 1 aromatic heterocycles. The number of rotatable bonds is 1. The van der Waals surface area contributed by atoms with E-state index in [1.807, 2.05) is 6.07 Å². The molecule has 1 atom stereocenters. The summed E-state index contributed by atoms with van der Waals surface area (Å²) in [5.74, 6) is -1.82. The molecule has 1 saturated heterocycles. The number of halogens is 4. The van der Waals surface area contributed by atoms with E-state index in [1.165, 1.54) is 22.2 Å². The number of ether oxygens (including phenoxy) is 1. The Balaban J connectivity index is 0.000000285. The number of hydrogen-bond donors (Lipinski definition) is 4. The number of aromatic nitrogens is 1. The summed E-state index contributed by atoms with van der Waals surface area (Å²) in [6.45, 7) is 3.16.